The first-order valence-corrected chi connectivity index (χ1v) is 13.3. The molecule has 0 aromatic heterocycles. The molecule has 1 aliphatic rings. The average Bonchev–Trinajstić information content (AvgIpc) is 2.66. The Labute approximate surface area is 179 Å². The van der Waals surface area contributed by atoms with E-state index in [1.165, 1.54) is 6.92 Å². The van der Waals surface area contributed by atoms with Crippen molar-refractivity contribution in [2.45, 2.75) is 64.1 Å². The molecule has 3 unspecified atom stereocenters. The van der Waals surface area contributed by atoms with Gasteiger partial charge in [-0.25, -0.2) is 0 Å². The molecule has 3 rings (SSSR count). The van der Waals surface area contributed by atoms with Crippen LogP contribution in [0.1, 0.15) is 39.4 Å². The van der Waals surface area contributed by atoms with Gasteiger partial charge in [-0.05, 0) is 41.0 Å². The Bertz CT molecular complexity index is 944. The number of fused-ring (bicyclic) bond motifs is 1. The fraction of sp³-hybridized carbons (Fsp3) is 0.458. The topological polar surface area (TPSA) is 65.0 Å². The summed E-state index contributed by atoms with van der Waals surface area (Å²) in [5, 5.41) is 12.6. The van der Waals surface area contributed by atoms with Crippen LogP contribution in [0.2, 0.25) is 18.1 Å². The molecule has 0 aliphatic carbocycles. The maximum atomic E-state index is 11.6. The van der Waals surface area contributed by atoms with Gasteiger partial charge in [-0.1, -0.05) is 57.2 Å². The summed E-state index contributed by atoms with van der Waals surface area (Å²) in [5.74, 6) is -0.185. The summed E-state index contributed by atoms with van der Waals surface area (Å²) in [4.78, 5) is 11.6. The van der Waals surface area contributed by atoms with Crippen LogP contribution in [0.4, 0.5) is 0 Å². The molecule has 1 N–H and O–H groups in total. The number of aromatic hydroxyl groups is 1. The smallest absolute Gasteiger partial charge is 0.303 e. The molecule has 2 aromatic rings. The maximum absolute atomic E-state index is 11.6. The van der Waals surface area contributed by atoms with Crippen molar-refractivity contribution >= 4 is 25.1 Å². The first-order chi connectivity index (χ1) is 14.0. The van der Waals surface area contributed by atoms with Crippen molar-refractivity contribution < 1.29 is 23.8 Å². The zero-order chi connectivity index (χ0) is 22.1. The second-order valence-corrected chi connectivity index (χ2v) is 14.2. The lowest BCUT2D eigenvalue weighted by atomic mass is 9.96. The fourth-order valence-electron chi connectivity index (χ4n) is 3.34. The first-order valence-electron chi connectivity index (χ1n) is 10.4. The van der Waals surface area contributed by atoms with Crippen LogP contribution in [-0.4, -0.2) is 38.2 Å². The van der Waals surface area contributed by atoms with Gasteiger partial charge >= 0.3 is 5.97 Å². The zero-order valence-electron chi connectivity index (χ0n) is 18.6. The predicted octanol–water partition coefficient (Wildman–Crippen LogP) is 5.50. The molecule has 0 amide bonds. The Kier molecular flexibility index (Phi) is 6.41. The molecule has 0 spiro atoms. The van der Waals surface area contributed by atoms with E-state index in [1.807, 2.05) is 42.5 Å². The molecular weight excluding hydrogens is 396 g/mol. The van der Waals surface area contributed by atoms with E-state index in [2.05, 4.69) is 33.9 Å². The van der Waals surface area contributed by atoms with Gasteiger partial charge < -0.3 is 19.0 Å². The molecule has 0 saturated heterocycles. The van der Waals surface area contributed by atoms with Crippen LogP contribution in [0.25, 0.3) is 10.8 Å². The lowest BCUT2D eigenvalue weighted by Gasteiger charge is -2.39. The van der Waals surface area contributed by atoms with Gasteiger partial charge in [0.25, 0.3) is 0 Å². The van der Waals surface area contributed by atoms with E-state index in [-0.39, 0.29) is 16.8 Å². The molecule has 2 aromatic carbocycles. The molecule has 0 saturated carbocycles. The lowest BCUT2D eigenvalue weighted by Crippen LogP contribution is -2.46. The van der Waals surface area contributed by atoms with Gasteiger partial charge in [0.15, 0.2) is 8.32 Å². The normalized spacial score (nSPS) is 22.3. The number of rotatable bonds is 5. The summed E-state index contributed by atoms with van der Waals surface area (Å²) in [5.41, 5.74) is 0.711. The molecule has 0 bridgehead atoms. The van der Waals surface area contributed by atoms with Crippen LogP contribution in [-0.2, 0) is 18.7 Å². The molecular formula is C24H32O5Si. The predicted molar refractivity (Wildman–Crippen MR) is 121 cm³/mol. The van der Waals surface area contributed by atoms with E-state index in [9.17, 15) is 9.90 Å². The van der Waals surface area contributed by atoms with Gasteiger partial charge in [0.1, 0.15) is 24.1 Å². The second-order valence-electron chi connectivity index (χ2n) is 9.34. The second kappa shape index (κ2) is 8.53. The molecule has 0 radical (unpaired) electrons. The molecule has 0 fully saturated rings. The number of hydrogen-bond donors (Lipinski definition) is 1. The van der Waals surface area contributed by atoms with Crippen LogP contribution < -0.4 is 0 Å². The van der Waals surface area contributed by atoms with Gasteiger partial charge in [-0.3, -0.25) is 4.79 Å². The van der Waals surface area contributed by atoms with Crippen molar-refractivity contribution in [2.24, 2.45) is 0 Å². The third kappa shape index (κ3) is 4.77. The fourth-order valence-corrected chi connectivity index (χ4v) is 4.35. The Morgan fingerprint density at radius 3 is 2.50 bits per heavy atom. The van der Waals surface area contributed by atoms with E-state index in [4.69, 9.17) is 13.9 Å². The third-order valence-electron chi connectivity index (χ3n) is 6.11. The largest absolute Gasteiger partial charge is 0.508 e. The number of esters is 1. The first kappa shape index (κ1) is 22.5. The SMILES string of the molecule is CC(=O)OC1C=CC(c2c(O)ccc3ccccc23)OC1CO[Si](C)(C)C(C)(C)C. The van der Waals surface area contributed by atoms with Crippen LogP contribution in [0.5, 0.6) is 5.75 Å². The number of phenolic OH excluding ortho intramolecular Hbond substituents is 1. The van der Waals surface area contributed by atoms with E-state index in [0.29, 0.717) is 12.2 Å². The Balaban J connectivity index is 1.91. The highest BCUT2D eigenvalue weighted by atomic mass is 28.4. The molecule has 162 valence electrons. The number of hydrogen-bond acceptors (Lipinski definition) is 5. The van der Waals surface area contributed by atoms with Gasteiger partial charge in [0.2, 0.25) is 0 Å². The summed E-state index contributed by atoms with van der Waals surface area (Å²) in [6.45, 7) is 12.6. The van der Waals surface area contributed by atoms with Crippen molar-refractivity contribution in [3.63, 3.8) is 0 Å². The van der Waals surface area contributed by atoms with Crippen molar-refractivity contribution in [1.82, 2.24) is 0 Å². The number of phenols is 1. The Morgan fingerprint density at radius 2 is 1.83 bits per heavy atom. The highest BCUT2D eigenvalue weighted by Crippen LogP contribution is 2.40. The molecule has 1 heterocycles. The van der Waals surface area contributed by atoms with Gasteiger partial charge in [-0.2, -0.15) is 0 Å². The highest BCUT2D eigenvalue weighted by Gasteiger charge is 2.40. The molecule has 3 atom stereocenters. The molecule has 6 heteroatoms. The highest BCUT2D eigenvalue weighted by molar-refractivity contribution is 6.74. The zero-order valence-corrected chi connectivity index (χ0v) is 19.6. The minimum absolute atomic E-state index is 0.0573. The quantitative estimate of drug-likeness (QED) is 0.387. The average molecular weight is 429 g/mol. The Morgan fingerprint density at radius 1 is 1.13 bits per heavy atom. The van der Waals surface area contributed by atoms with Crippen LogP contribution in [0.3, 0.4) is 0 Å². The number of carbonyl (C=O) groups excluding carboxylic acids is 1. The van der Waals surface area contributed by atoms with Crippen molar-refractivity contribution in [1.29, 1.82) is 0 Å². The van der Waals surface area contributed by atoms with Crippen LogP contribution in [0, 0.1) is 0 Å². The maximum Gasteiger partial charge on any atom is 0.303 e. The molecule has 1 aliphatic heterocycles. The van der Waals surface area contributed by atoms with E-state index < -0.39 is 26.6 Å². The van der Waals surface area contributed by atoms with Crippen molar-refractivity contribution in [3.8, 4) is 5.75 Å². The summed E-state index contributed by atoms with van der Waals surface area (Å²) >= 11 is 0. The van der Waals surface area contributed by atoms with E-state index in [1.54, 1.807) is 6.07 Å². The molecule has 5 nitrogen and oxygen atoms in total. The minimum atomic E-state index is -2.01. The Hall–Kier alpha value is -2.15. The van der Waals surface area contributed by atoms with Gasteiger partial charge in [-0.15, -0.1) is 0 Å². The number of ether oxygens (including phenoxy) is 2. The molecule has 30 heavy (non-hydrogen) atoms. The van der Waals surface area contributed by atoms with Crippen molar-refractivity contribution in [2.75, 3.05) is 6.61 Å². The monoisotopic (exact) mass is 428 g/mol. The van der Waals surface area contributed by atoms with E-state index >= 15 is 0 Å². The van der Waals surface area contributed by atoms with Gasteiger partial charge in [0, 0.05) is 12.5 Å². The van der Waals surface area contributed by atoms with Crippen LogP contribution >= 0.6 is 0 Å². The summed E-state index contributed by atoms with van der Waals surface area (Å²) in [7, 11) is -2.01. The number of benzene rings is 2. The summed E-state index contributed by atoms with van der Waals surface area (Å²) in [6, 6.07) is 11.5. The lowest BCUT2D eigenvalue weighted by molar-refractivity contribution is -0.156. The van der Waals surface area contributed by atoms with Crippen molar-refractivity contribution in [3.05, 3.63) is 54.1 Å². The standard InChI is InChI=1S/C24H32O5Si/c1-16(25)28-20-13-14-21(29-22(20)15-27-30(5,6)24(2,3)4)23-18-10-8-7-9-17(18)11-12-19(23)26/h7-14,20-22,26H,15H2,1-6H3. The summed E-state index contributed by atoms with van der Waals surface area (Å²) < 4.78 is 18.2. The van der Waals surface area contributed by atoms with Crippen LogP contribution in [0.15, 0.2) is 48.6 Å². The van der Waals surface area contributed by atoms with E-state index in [0.717, 1.165) is 10.8 Å². The number of carbonyl (C=O) groups is 1. The minimum Gasteiger partial charge on any atom is -0.508 e. The van der Waals surface area contributed by atoms with Gasteiger partial charge in [0.05, 0.1) is 6.61 Å². The third-order valence-corrected chi connectivity index (χ3v) is 10.6. The summed E-state index contributed by atoms with van der Waals surface area (Å²) in [6.07, 6.45) is 2.24.